The van der Waals surface area contributed by atoms with Gasteiger partial charge in [0, 0.05) is 27.0 Å². The summed E-state index contributed by atoms with van der Waals surface area (Å²) in [7, 11) is 0. The molecule has 0 bridgehead atoms. The number of anilines is 2. The van der Waals surface area contributed by atoms with E-state index in [0.29, 0.717) is 11.4 Å². The second-order valence-corrected chi connectivity index (χ2v) is 7.08. The summed E-state index contributed by atoms with van der Waals surface area (Å²) in [6.45, 7) is 0. The predicted octanol–water partition coefficient (Wildman–Crippen LogP) is 2.94. The number of benzene rings is 2. The van der Waals surface area contributed by atoms with Crippen LogP contribution < -0.4 is 16.6 Å². The number of aromatic amines is 3. The number of rotatable bonds is 1. The zero-order valence-electron chi connectivity index (χ0n) is 13.3. The third-order valence-corrected chi connectivity index (χ3v) is 5.21. The molecule has 2 aromatic carbocycles. The Morgan fingerprint density at radius 3 is 2.58 bits per heavy atom. The Labute approximate surface area is 154 Å². The summed E-state index contributed by atoms with van der Waals surface area (Å²) < 4.78 is 0.950. The van der Waals surface area contributed by atoms with Crippen LogP contribution in [0.15, 0.2) is 56.7 Å². The van der Waals surface area contributed by atoms with Gasteiger partial charge in [-0.05, 0) is 29.8 Å². The molecule has 5 rings (SSSR count). The maximum Gasteiger partial charge on any atom is 0.327 e. The fraction of sp³-hybridized carbons (Fsp3) is 0.0556. The highest BCUT2D eigenvalue weighted by Gasteiger charge is 2.32. The zero-order chi connectivity index (χ0) is 17.8. The van der Waals surface area contributed by atoms with E-state index in [9.17, 15) is 9.59 Å². The van der Waals surface area contributed by atoms with Crippen molar-refractivity contribution in [3.63, 3.8) is 0 Å². The van der Waals surface area contributed by atoms with E-state index in [2.05, 4.69) is 41.4 Å². The Balaban J connectivity index is 1.89. The highest BCUT2D eigenvalue weighted by Crippen LogP contribution is 2.44. The molecule has 7 nitrogen and oxygen atoms in total. The standard InChI is InChI=1S/C18H12BrN5O2/c19-10-4-1-8(2-5-10)12-13-11(6-3-9-7-20-24-15(9)13)21-16-14(12)17(25)23-18(26)22-16/h1-7,12H,(H,20,24)(H3,21,22,23,25,26). The minimum atomic E-state index is -0.540. The minimum Gasteiger partial charge on any atom is -0.341 e. The van der Waals surface area contributed by atoms with E-state index in [4.69, 9.17) is 0 Å². The van der Waals surface area contributed by atoms with E-state index in [-0.39, 0.29) is 5.92 Å². The van der Waals surface area contributed by atoms with Gasteiger partial charge >= 0.3 is 5.69 Å². The second-order valence-electron chi connectivity index (χ2n) is 6.17. The summed E-state index contributed by atoms with van der Waals surface area (Å²) >= 11 is 3.45. The molecule has 0 radical (unpaired) electrons. The van der Waals surface area contributed by atoms with Crippen molar-refractivity contribution in [1.82, 2.24) is 20.2 Å². The minimum absolute atomic E-state index is 0.348. The summed E-state index contributed by atoms with van der Waals surface area (Å²) in [5.41, 5.74) is 3.07. The van der Waals surface area contributed by atoms with Gasteiger partial charge in [-0.25, -0.2) is 4.79 Å². The average molecular weight is 410 g/mol. The topological polar surface area (TPSA) is 106 Å². The molecule has 8 heteroatoms. The summed E-state index contributed by atoms with van der Waals surface area (Å²) in [5.74, 6) is 0.0668. The fourth-order valence-electron chi connectivity index (χ4n) is 3.58. The first kappa shape index (κ1) is 15.2. The van der Waals surface area contributed by atoms with Crippen LogP contribution in [0.4, 0.5) is 11.5 Å². The molecule has 0 fully saturated rings. The lowest BCUT2D eigenvalue weighted by molar-refractivity contribution is 0.889. The van der Waals surface area contributed by atoms with Gasteiger partial charge in [0.1, 0.15) is 5.82 Å². The number of fused-ring (bicyclic) bond motifs is 4. The summed E-state index contributed by atoms with van der Waals surface area (Å²) in [5, 5.41) is 11.3. The van der Waals surface area contributed by atoms with Gasteiger partial charge in [0.2, 0.25) is 0 Å². The maximum atomic E-state index is 12.7. The molecule has 0 saturated heterocycles. The van der Waals surface area contributed by atoms with Crippen LogP contribution in [0.2, 0.25) is 0 Å². The van der Waals surface area contributed by atoms with Gasteiger partial charge in [-0.15, -0.1) is 0 Å². The van der Waals surface area contributed by atoms with Gasteiger partial charge in [0.25, 0.3) is 5.56 Å². The molecule has 0 amide bonds. The highest BCUT2D eigenvalue weighted by molar-refractivity contribution is 9.10. The van der Waals surface area contributed by atoms with E-state index in [0.717, 1.165) is 32.2 Å². The van der Waals surface area contributed by atoms with E-state index in [1.54, 1.807) is 6.20 Å². The second kappa shape index (κ2) is 5.43. The molecule has 4 aromatic rings. The van der Waals surface area contributed by atoms with Gasteiger partial charge < -0.3 is 5.32 Å². The summed E-state index contributed by atoms with van der Waals surface area (Å²) in [6, 6.07) is 11.7. The van der Waals surface area contributed by atoms with E-state index in [1.165, 1.54) is 0 Å². The molecular formula is C18H12BrN5O2. The maximum absolute atomic E-state index is 12.7. The highest BCUT2D eigenvalue weighted by atomic mass is 79.9. The lowest BCUT2D eigenvalue weighted by atomic mass is 9.82. The van der Waals surface area contributed by atoms with Crippen LogP contribution in [0.25, 0.3) is 10.9 Å². The molecular weight excluding hydrogens is 398 g/mol. The number of nitrogens with one attached hydrogen (secondary N) is 4. The summed E-state index contributed by atoms with van der Waals surface area (Å²) in [4.78, 5) is 29.5. The summed E-state index contributed by atoms with van der Waals surface area (Å²) in [6.07, 6.45) is 1.75. The van der Waals surface area contributed by atoms with Gasteiger partial charge in [0.15, 0.2) is 0 Å². The molecule has 3 heterocycles. The predicted molar refractivity (Wildman–Crippen MR) is 102 cm³/mol. The molecule has 1 atom stereocenters. The van der Waals surface area contributed by atoms with E-state index < -0.39 is 11.2 Å². The van der Waals surface area contributed by atoms with Crippen molar-refractivity contribution < 1.29 is 0 Å². The van der Waals surface area contributed by atoms with Gasteiger partial charge in [-0.2, -0.15) is 5.10 Å². The molecule has 1 aliphatic rings. The molecule has 0 saturated carbocycles. The van der Waals surface area contributed by atoms with Crippen LogP contribution in [0.3, 0.4) is 0 Å². The molecule has 1 aliphatic heterocycles. The Hall–Kier alpha value is -3.13. The van der Waals surface area contributed by atoms with Crippen LogP contribution in [-0.4, -0.2) is 20.2 Å². The normalized spacial score (nSPS) is 15.3. The number of H-pyrrole nitrogens is 3. The quantitative estimate of drug-likeness (QED) is 0.341. The third-order valence-electron chi connectivity index (χ3n) is 4.68. The largest absolute Gasteiger partial charge is 0.341 e. The first-order valence-corrected chi connectivity index (χ1v) is 8.76. The average Bonchev–Trinajstić information content (AvgIpc) is 3.09. The molecule has 0 aliphatic carbocycles. The Morgan fingerprint density at radius 2 is 1.77 bits per heavy atom. The van der Waals surface area contributed by atoms with Crippen LogP contribution in [-0.2, 0) is 0 Å². The SMILES string of the molecule is O=c1[nH]c2c(c(=O)[nH]1)C(c1ccc(Br)cc1)c1c(ccc3cn[nH]c13)N2. The van der Waals surface area contributed by atoms with Crippen molar-refractivity contribution in [3.05, 3.63) is 84.6 Å². The number of nitrogens with zero attached hydrogens (tertiary/aromatic N) is 1. The van der Waals surface area contributed by atoms with Gasteiger partial charge in [-0.1, -0.05) is 28.1 Å². The first-order valence-electron chi connectivity index (χ1n) is 7.97. The van der Waals surface area contributed by atoms with Crippen LogP contribution in [0.1, 0.15) is 22.6 Å². The first-order chi connectivity index (χ1) is 12.6. The van der Waals surface area contributed by atoms with Crippen molar-refractivity contribution in [1.29, 1.82) is 0 Å². The fourth-order valence-corrected chi connectivity index (χ4v) is 3.85. The van der Waals surface area contributed by atoms with E-state index in [1.807, 2.05) is 36.4 Å². The van der Waals surface area contributed by atoms with Crippen molar-refractivity contribution >= 4 is 38.3 Å². The molecule has 0 spiro atoms. The van der Waals surface area contributed by atoms with Crippen molar-refractivity contribution in [2.45, 2.75) is 5.92 Å². The van der Waals surface area contributed by atoms with Crippen LogP contribution in [0.5, 0.6) is 0 Å². The van der Waals surface area contributed by atoms with Crippen molar-refractivity contribution in [2.24, 2.45) is 0 Å². The molecule has 2 aromatic heterocycles. The lowest BCUT2D eigenvalue weighted by Crippen LogP contribution is -2.31. The number of hydrogen-bond acceptors (Lipinski definition) is 4. The number of aromatic nitrogens is 4. The van der Waals surface area contributed by atoms with Gasteiger partial charge in [0.05, 0.1) is 17.3 Å². The zero-order valence-corrected chi connectivity index (χ0v) is 14.8. The third kappa shape index (κ3) is 2.15. The molecule has 26 heavy (non-hydrogen) atoms. The Bertz CT molecular complexity index is 1270. The number of hydrogen-bond donors (Lipinski definition) is 4. The van der Waals surface area contributed by atoms with E-state index >= 15 is 0 Å². The van der Waals surface area contributed by atoms with Crippen LogP contribution in [0, 0.1) is 0 Å². The Kier molecular flexibility index (Phi) is 3.17. The molecule has 1 unspecified atom stereocenters. The van der Waals surface area contributed by atoms with Crippen LogP contribution >= 0.6 is 15.9 Å². The Morgan fingerprint density at radius 1 is 0.962 bits per heavy atom. The molecule has 4 N–H and O–H groups in total. The smallest absolute Gasteiger partial charge is 0.327 e. The van der Waals surface area contributed by atoms with Gasteiger partial charge in [-0.3, -0.25) is 19.9 Å². The molecule has 128 valence electrons. The number of halogens is 1. The lowest BCUT2D eigenvalue weighted by Gasteiger charge is -2.28. The van der Waals surface area contributed by atoms with Crippen molar-refractivity contribution in [3.8, 4) is 0 Å². The monoisotopic (exact) mass is 409 g/mol. The van der Waals surface area contributed by atoms with Crippen molar-refractivity contribution in [2.75, 3.05) is 5.32 Å².